The van der Waals surface area contributed by atoms with E-state index in [1.54, 1.807) is 4.68 Å². The van der Waals surface area contributed by atoms with Gasteiger partial charge in [-0.3, -0.25) is 0 Å². The highest BCUT2D eigenvalue weighted by atomic mass is 16.5. The highest BCUT2D eigenvalue weighted by Gasteiger charge is 2.05. The molecule has 0 radical (unpaired) electrons. The number of nitrogens with one attached hydrogen (secondary N) is 1. The van der Waals surface area contributed by atoms with Gasteiger partial charge < -0.3 is 10.1 Å². The molecule has 0 spiro atoms. The minimum absolute atomic E-state index is 0.582. The number of ether oxygens (including phenoxy) is 1. The van der Waals surface area contributed by atoms with Crippen LogP contribution in [-0.2, 0) is 13.6 Å². The molecule has 0 bridgehead atoms. The molecule has 2 aromatic heterocycles. The Morgan fingerprint density at radius 3 is 2.78 bits per heavy atom. The Labute approximate surface area is 107 Å². The van der Waals surface area contributed by atoms with Gasteiger partial charge in [0, 0.05) is 31.9 Å². The first-order chi connectivity index (χ1) is 8.69. The van der Waals surface area contributed by atoms with E-state index in [-0.39, 0.29) is 0 Å². The summed E-state index contributed by atoms with van der Waals surface area (Å²) in [5.41, 5.74) is 2.07. The predicted molar refractivity (Wildman–Crippen MR) is 69.6 cm³/mol. The second-order valence-corrected chi connectivity index (χ2v) is 4.13. The average molecular weight is 246 g/mol. The number of hydrogen-bond acceptors (Lipinski definition) is 4. The van der Waals surface area contributed by atoms with Crippen LogP contribution in [0.4, 0.5) is 0 Å². The lowest BCUT2D eigenvalue weighted by Crippen LogP contribution is -2.11. The van der Waals surface area contributed by atoms with Gasteiger partial charge in [-0.25, -0.2) is 9.67 Å². The van der Waals surface area contributed by atoms with Crippen LogP contribution in [0, 0.1) is 6.92 Å². The first kappa shape index (κ1) is 12.6. The summed E-state index contributed by atoms with van der Waals surface area (Å²) in [5, 5.41) is 7.47. The molecule has 0 saturated heterocycles. The van der Waals surface area contributed by atoms with Crippen LogP contribution in [0.25, 0.3) is 0 Å². The van der Waals surface area contributed by atoms with Gasteiger partial charge in [0.15, 0.2) is 0 Å². The van der Waals surface area contributed by atoms with Crippen LogP contribution in [0.2, 0.25) is 0 Å². The molecule has 0 aromatic carbocycles. The number of nitrogens with zero attached hydrogens (tertiary/aromatic N) is 3. The van der Waals surface area contributed by atoms with E-state index >= 15 is 0 Å². The standard InChI is InChI=1S/C13H18N4O/c1-4-14-8-11-5-6-12(15-9-11)18-13-7-10(2)16-17(13)3/h5-7,9,14H,4,8H2,1-3H3. The quantitative estimate of drug-likeness (QED) is 0.877. The fourth-order valence-corrected chi connectivity index (χ4v) is 1.63. The maximum Gasteiger partial charge on any atom is 0.221 e. The summed E-state index contributed by atoms with van der Waals surface area (Å²) in [6, 6.07) is 5.76. The molecular weight excluding hydrogens is 228 g/mol. The van der Waals surface area contributed by atoms with Crippen molar-refractivity contribution in [2.75, 3.05) is 6.54 Å². The van der Waals surface area contributed by atoms with Crippen LogP contribution in [0.1, 0.15) is 18.2 Å². The van der Waals surface area contributed by atoms with Crippen molar-refractivity contribution in [1.82, 2.24) is 20.1 Å². The number of hydrogen-bond donors (Lipinski definition) is 1. The number of rotatable bonds is 5. The average Bonchev–Trinajstić information content (AvgIpc) is 2.67. The second-order valence-electron chi connectivity index (χ2n) is 4.13. The fraction of sp³-hybridized carbons (Fsp3) is 0.385. The van der Waals surface area contributed by atoms with Gasteiger partial charge in [0.25, 0.3) is 0 Å². The van der Waals surface area contributed by atoms with E-state index in [9.17, 15) is 0 Å². The van der Waals surface area contributed by atoms with Crippen molar-refractivity contribution in [3.8, 4) is 11.8 Å². The Kier molecular flexibility index (Phi) is 3.94. The van der Waals surface area contributed by atoms with E-state index in [2.05, 4.69) is 22.3 Å². The smallest absolute Gasteiger partial charge is 0.221 e. The highest BCUT2D eigenvalue weighted by Crippen LogP contribution is 2.19. The summed E-state index contributed by atoms with van der Waals surface area (Å²) >= 11 is 0. The zero-order chi connectivity index (χ0) is 13.0. The molecule has 1 N–H and O–H groups in total. The summed E-state index contributed by atoms with van der Waals surface area (Å²) in [5.74, 6) is 1.28. The topological polar surface area (TPSA) is 52.0 Å². The van der Waals surface area contributed by atoms with Gasteiger partial charge in [-0.2, -0.15) is 5.10 Å². The van der Waals surface area contributed by atoms with Crippen molar-refractivity contribution in [2.45, 2.75) is 20.4 Å². The van der Waals surface area contributed by atoms with Crippen molar-refractivity contribution in [3.05, 3.63) is 35.7 Å². The van der Waals surface area contributed by atoms with E-state index in [4.69, 9.17) is 4.74 Å². The van der Waals surface area contributed by atoms with E-state index in [0.717, 1.165) is 24.3 Å². The molecule has 0 fully saturated rings. The van der Waals surface area contributed by atoms with Gasteiger partial charge in [-0.05, 0) is 19.0 Å². The monoisotopic (exact) mass is 246 g/mol. The van der Waals surface area contributed by atoms with E-state index in [1.807, 2.05) is 38.4 Å². The third kappa shape index (κ3) is 3.07. The zero-order valence-corrected chi connectivity index (χ0v) is 11.0. The molecule has 0 aliphatic heterocycles. The third-order valence-corrected chi connectivity index (χ3v) is 2.54. The lowest BCUT2D eigenvalue weighted by molar-refractivity contribution is 0.415. The van der Waals surface area contributed by atoms with Crippen molar-refractivity contribution < 1.29 is 4.74 Å². The van der Waals surface area contributed by atoms with Crippen LogP contribution in [0.5, 0.6) is 11.8 Å². The number of pyridine rings is 1. The van der Waals surface area contributed by atoms with Gasteiger partial charge in [0.05, 0.1) is 5.69 Å². The molecule has 18 heavy (non-hydrogen) atoms. The molecule has 0 unspecified atom stereocenters. The summed E-state index contributed by atoms with van der Waals surface area (Å²) in [6.45, 7) is 5.79. The van der Waals surface area contributed by atoms with Crippen molar-refractivity contribution >= 4 is 0 Å². The zero-order valence-electron chi connectivity index (χ0n) is 11.0. The van der Waals surface area contributed by atoms with Crippen molar-refractivity contribution in [2.24, 2.45) is 7.05 Å². The van der Waals surface area contributed by atoms with Crippen LogP contribution in [0.15, 0.2) is 24.4 Å². The molecule has 0 saturated carbocycles. The predicted octanol–water partition coefficient (Wildman–Crippen LogP) is 2.03. The lowest BCUT2D eigenvalue weighted by Gasteiger charge is -2.05. The van der Waals surface area contributed by atoms with E-state index in [1.165, 1.54) is 0 Å². The summed E-state index contributed by atoms with van der Waals surface area (Å²) in [6.07, 6.45) is 1.82. The summed E-state index contributed by atoms with van der Waals surface area (Å²) < 4.78 is 7.36. The van der Waals surface area contributed by atoms with Crippen LogP contribution < -0.4 is 10.1 Å². The largest absolute Gasteiger partial charge is 0.421 e. The van der Waals surface area contributed by atoms with Gasteiger partial charge in [0.2, 0.25) is 11.8 Å². The van der Waals surface area contributed by atoms with Crippen LogP contribution in [-0.4, -0.2) is 21.3 Å². The molecule has 96 valence electrons. The molecule has 2 aromatic rings. The molecule has 2 rings (SSSR count). The van der Waals surface area contributed by atoms with Gasteiger partial charge in [-0.15, -0.1) is 0 Å². The van der Waals surface area contributed by atoms with Crippen molar-refractivity contribution in [1.29, 1.82) is 0 Å². The first-order valence-electron chi connectivity index (χ1n) is 6.03. The van der Waals surface area contributed by atoms with Gasteiger partial charge in [0.1, 0.15) is 0 Å². The van der Waals surface area contributed by atoms with Gasteiger partial charge in [-0.1, -0.05) is 13.0 Å². The normalized spacial score (nSPS) is 10.6. The summed E-state index contributed by atoms with van der Waals surface area (Å²) in [7, 11) is 1.85. The molecular formula is C13H18N4O. The Balaban J connectivity index is 2.04. The maximum atomic E-state index is 5.66. The molecule has 2 heterocycles. The molecule has 0 aliphatic carbocycles. The third-order valence-electron chi connectivity index (χ3n) is 2.54. The SMILES string of the molecule is CCNCc1ccc(Oc2cc(C)nn2C)nc1. The first-order valence-corrected chi connectivity index (χ1v) is 6.03. The molecule has 0 atom stereocenters. The summed E-state index contributed by atoms with van der Waals surface area (Å²) in [4.78, 5) is 4.27. The maximum absolute atomic E-state index is 5.66. The Hall–Kier alpha value is -1.88. The molecule has 0 aliphatic rings. The minimum Gasteiger partial charge on any atom is -0.421 e. The number of aryl methyl sites for hydroxylation is 2. The molecule has 5 heteroatoms. The van der Waals surface area contributed by atoms with Crippen LogP contribution in [0.3, 0.4) is 0 Å². The molecule has 0 amide bonds. The highest BCUT2D eigenvalue weighted by molar-refractivity contribution is 5.24. The van der Waals surface area contributed by atoms with Crippen molar-refractivity contribution in [3.63, 3.8) is 0 Å². The van der Waals surface area contributed by atoms with E-state index in [0.29, 0.717) is 11.8 Å². The Bertz CT molecular complexity index is 504. The molecule has 5 nitrogen and oxygen atoms in total. The minimum atomic E-state index is 0.582. The second kappa shape index (κ2) is 5.64. The lowest BCUT2D eigenvalue weighted by atomic mass is 10.3. The number of aromatic nitrogens is 3. The fourth-order valence-electron chi connectivity index (χ4n) is 1.63. The van der Waals surface area contributed by atoms with Gasteiger partial charge >= 0.3 is 0 Å². The van der Waals surface area contributed by atoms with Crippen LogP contribution >= 0.6 is 0 Å². The Morgan fingerprint density at radius 2 is 2.22 bits per heavy atom. The van der Waals surface area contributed by atoms with E-state index < -0.39 is 0 Å². The Morgan fingerprint density at radius 1 is 1.39 bits per heavy atom.